The van der Waals surface area contributed by atoms with Gasteiger partial charge in [-0.2, -0.15) is 0 Å². The van der Waals surface area contributed by atoms with Crippen molar-refractivity contribution in [1.29, 1.82) is 0 Å². The molecule has 1 amide bonds. The zero-order valence-electron chi connectivity index (χ0n) is 6.71. The minimum Gasteiger partial charge on any atom is -0.381 e. The number of hydrogen-bond donors (Lipinski definition) is 1. The van der Waals surface area contributed by atoms with Gasteiger partial charge in [0.1, 0.15) is 0 Å². The van der Waals surface area contributed by atoms with Crippen LogP contribution in [0.15, 0.2) is 0 Å². The van der Waals surface area contributed by atoms with Crippen LogP contribution < -0.4 is 5.32 Å². The Balaban J connectivity index is 2.00. The van der Waals surface area contributed by atoms with Gasteiger partial charge >= 0.3 is 0 Å². The van der Waals surface area contributed by atoms with Gasteiger partial charge in [-0.05, 0) is 25.2 Å². The van der Waals surface area contributed by atoms with E-state index in [1.807, 2.05) is 0 Å². The predicted molar refractivity (Wildman–Crippen MR) is 42.2 cm³/mol. The van der Waals surface area contributed by atoms with Gasteiger partial charge in [0.15, 0.2) is 0 Å². The summed E-state index contributed by atoms with van der Waals surface area (Å²) in [5.74, 6) is 0.760. The molecule has 1 rings (SSSR count). The highest BCUT2D eigenvalue weighted by Crippen LogP contribution is 2.17. The largest absolute Gasteiger partial charge is 0.381 e. The Hall–Kier alpha value is -0.570. The maximum absolute atomic E-state index is 9.91. The third kappa shape index (κ3) is 3.37. The lowest BCUT2D eigenvalue weighted by atomic mass is 9.97. The van der Waals surface area contributed by atoms with Crippen LogP contribution in [0.1, 0.15) is 19.3 Å². The summed E-state index contributed by atoms with van der Waals surface area (Å²) in [6.07, 6.45) is 4.17. The second-order valence-corrected chi connectivity index (χ2v) is 2.92. The molecule has 1 heterocycles. The van der Waals surface area contributed by atoms with Crippen LogP contribution in [0, 0.1) is 5.92 Å². The topological polar surface area (TPSA) is 38.3 Å². The fraction of sp³-hybridized carbons (Fsp3) is 0.875. The van der Waals surface area contributed by atoms with Crippen LogP contribution in [0.5, 0.6) is 0 Å². The van der Waals surface area contributed by atoms with Gasteiger partial charge in [-0.15, -0.1) is 0 Å². The summed E-state index contributed by atoms with van der Waals surface area (Å²) in [7, 11) is 0. The monoisotopic (exact) mass is 157 g/mol. The predicted octanol–water partition coefficient (Wildman–Crippen LogP) is 0.549. The number of carbonyl (C=O) groups excluding carboxylic acids is 1. The molecular weight excluding hydrogens is 142 g/mol. The molecule has 0 bridgehead atoms. The quantitative estimate of drug-likeness (QED) is 0.478. The Kier molecular flexibility index (Phi) is 3.98. The van der Waals surface area contributed by atoms with Crippen LogP contribution in [0.4, 0.5) is 0 Å². The van der Waals surface area contributed by atoms with Crippen LogP contribution in [0.3, 0.4) is 0 Å². The fourth-order valence-corrected chi connectivity index (χ4v) is 1.38. The molecule has 3 heteroatoms. The summed E-state index contributed by atoms with van der Waals surface area (Å²) in [6, 6.07) is 0. The molecule has 0 radical (unpaired) electrons. The Morgan fingerprint density at radius 2 is 2.18 bits per heavy atom. The average molecular weight is 157 g/mol. The van der Waals surface area contributed by atoms with Crippen molar-refractivity contribution < 1.29 is 9.53 Å². The first-order valence-corrected chi connectivity index (χ1v) is 4.18. The number of rotatable bonds is 4. The van der Waals surface area contributed by atoms with E-state index in [-0.39, 0.29) is 0 Å². The number of nitrogens with one attached hydrogen (secondary N) is 1. The Bertz CT molecular complexity index is 111. The van der Waals surface area contributed by atoms with E-state index in [1.165, 1.54) is 0 Å². The minimum absolute atomic E-state index is 0.760. The number of carbonyl (C=O) groups is 1. The third-order valence-corrected chi connectivity index (χ3v) is 2.12. The smallest absolute Gasteiger partial charge is 0.207 e. The van der Waals surface area contributed by atoms with Crippen molar-refractivity contribution in [3.8, 4) is 0 Å². The van der Waals surface area contributed by atoms with E-state index in [9.17, 15) is 4.79 Å². The number of ether oxygens (including phenoxy) is 1. The van der Waals surface area contributed by atoms with Gasteiger partial charge in [0.2, 0.25) is 6.41 Å². The molecular formula is C8H15NO2. The van der Waals surface area contributed by atoms with Gasteiger partial charge in [-0.25, -0.2) is 0 Å². The molecule has 3 nitrogen and oxygen atoms in total. The Morgan fingerprint density at radius 3 is 2.82 bits per heavy atom. The Labute approximate surface area is 67.1 Å². The molecule has 0 saturated carbocycles. The van der Waals surface area contributed by atoms with Gasteiger partial charge in [-0.1, -0.05) is 0 Å². The first-order chi connectivity index (χ1) is 5.43. The van der Waals surface area contributed by atoms with E-state index in [0.29, 0.717) is 0 Å². The zero-order chi connectivity index (χ0) is 7.94. The average Bonchev–Trinajstić information content (AvgIpc) is 2.07. The van der Waals surface area contributed by atoms with E-state index in [4.69, 9.17) is 4.74 Å². The molecule has 0 aromatic carbocycles. The van der Waals surface area contributed by atoms with Crippen LogP contribution in [-0.2, 0) is 9.53 Å². The maximum atomic E-state index is 9.91. The van der Waals surface area contributed by atoms with E-state index in [2.05, 4.69) is 5.32 Å². The van der Waals surface area contributed by atoms with Crippen molar-refractivity contribution >= 4 is 6.41 Å². The fourth-order valence-electron chi connectivity index (χ4n) is 1.38. The van der Waals surface area contributed by atoms with E-state index in [1.54, 1.807) is 0 Å². The molecule has 64 valence electrons. The molecule has 0 aliphatic carbocycles. The van der Waals surface area contributed by atoms with Crippen molar-refractivity contribution in [2.24, 2.45) is 5.92 Å². The van der Waals surface area contributed by atoms with Gasteiger partial charge in [0.05, 0.1) is 0 Å². The van der Waals surface area contributed by atoms with Crippen LogP contribution in [-0.4, -0.2) is 26.2 Å². The summed E-state index contributed by atoms with van der Waals surface area (Å²) in [5, 5.41) is 2.67. The molecule has 0 unspecified atom stereocenters. The molecule has 1 aliphatic heterocycles. The first kappa shape index (κ1) is 8.53. The van der Waals surface area contributed by atoms with Crippen LogP contribution in [0.2, 0.25) is 0 Å². The second kappa shape index (κ2) is 5.13. The van der Waals surface area contributed by atoms with Crippen LogP contribution in [0.25, 0.3) is 0 Å². The van der Waals surface area contributed by atoms with Gasteiger partial charge in [-0.3, -0.25) is 4.79 Å². The molecule has 0 spiro atoms. The van der Waals surface area contributed by atoms with Crippen LogP contribution >= 0.6 is 0 Å². The van der Waals surface area contributed by atoms with E-state index in [0.717, 1.165) is 51.3 Å². The SMILES string of the molecule is O=CNCCC1CCOCC1. The summed E-state index contributed by atoms with van der Waals surface area (Å²) in [6.45, 7) is 2.60. The maximum Gasteiger partial charge on any atom is 0.207 e. The first-order valence-electron chi connectivity index (χ1n) is 4.18. The van der Waals surface area contributed by atoms with Crippen molar-refractivity contribution in [3.63, 3.8) is 0 Å². The highest BCUT2D eigenvalue weighted by molar-refractivity contribution is 5.45. The Morgan fingerprint density at radius 1 is 1.45 bits per heavy atom. The molecule has 0 aromatic heterocycles. The van der Waals surface area contributed by atoms with Crippen molar-refractivity contribution in [1.82, 2.24) is 5.32 Å². The molecule has 1 saturated heterocycles. The normalized spacial score (nSPS) is 19.6. The zero-order valence-corrected chi connectivity index (χ0v) is 6.71. The van der Waals surface area contributed by atoms with Gasteiger partial charge in [0, 0.05) is 19.8 Å². The summed E-state index contributed by atoms with van der Waals surface area (Å²) in [5.41, 5.74) is 0. The third-order valence-electron chi connectivity index (χ3n) is 2.12. The molecule has 0 aromatic rings. The van der Waals surface area contributed by atoms with Gasteiger partial charge in [0.25, 0.3) is 0 Å². The molecule has 1 N–H and O–H groups in total. The summed E-state index contributed by atoms with van der Waals surface area (Å²) in [4.78, 5) is 9.91. The minimum atomic E-state index is 0.760. The summed E-state index contributed by atoms with van der Waals surface area (Å²) >= 11 is 0. The molecule has 1 aliphatic rings. The molecule has 0 atom stereocenters. The van der Waals surface area contributed by atoms with E-state index < -0.39 is 0 Å². The highest BCUT2D eigenvalue weighted by Gasteiger charge is 2.12. The van der Waals surface area contributed by atoms with Crippen molar-refractivity contribution in [3.05, 3.63) is 0 Å². The lowest BCUT2D eigenvalue weighted by Crippen LogP contribution is -2.21. The van der Waals surface area contributed by atoms with E-state index >= 15 is 0 Å². The highest BCUT2D eigenvalue weighted by atomic mass is 16.5. The molecule has 11 heavy (non-hydrogen) atoms. The van der Waals surface area contributed by atoms with Crippen molar-refractivity contribution in [2.45, 2.75) is 19.3 Å². The number of amides is 1. The lowest BCUT2D eigenvalue weighted by molar-refractivity contribution is -0.109. The molecule has 1 fully saturated rings. The second-order valence-electron chi connectivity index (χ2n) is 2.92. The standard InChI is InChI=1S/C8H15NO2/c10-7-9-4-1-8-2-5-11-6-3-8/h7-8H,1-6H2,(H,9,10). The number of hydrogen-bond acceptors (Lipinski definition) is 2. The van der Waals surface area contributed by atoms with Gasteiger partial charge < -0.3 is 10.1 Å². The summed E-state index contributed by atoms with van der Waals surface area (Å²) < 4.78 is 5.22. The van der Waals surface area contributed by atoms with Crippen molar-refractivity contribution in [2.75, 3.05) is 19.8 Å². The lowest BCUT2D eigenvalue weighted by Gasteiger charge is -2.21.